The van der Waals surface area contributed by atoms with E-state index in [1.807, 2.05) is 55.5 Å². The van der Waals surface area contributed by atoms with E-state index in [2.05, 4.69) is 20.8 Å². The van der Waals surface area contributed by atoms with E-state index in [9.17, 15) is 4.79 Å². The first-order valence-electron chi connectivity index (χ1n) is 10.7. The highest BCUT2D eigenvalue weighted by Gasteiger charge is 2.36. The molecule has 6 heteroatoms. The summed E-state index contributed by atoms with van der Waals surface area (Å²) in [5, 5.41) is 0.712. The van der Waals surface area contributed by atoms with Gasteiger partial charge in [0.2, 0.25) is 0 Å². The Morgan fingerprint density at radius 1 is 1.13 bits per heavy atom. The zero-order valence-corrected chi connectivity index (χ0v) is 19.7. The average Bonchev–Trinajstić information content (AvgIpc) is 3.08. The maximum Gasteiger partial charge on any atom is 0.266 e. The third-order valence-electron chi connectivity index (χ3n) is 5.07. The van der Waals surface area contributed by atoms with Crippen molar-refractivity contribution in [2.45, 2.75) is 46.6 Å². The zero-order chi connectivity index (χ0) is 22.4. The second-order valence-corrected chi connectivity index (χ2v) is 8.54. The molecule has 164 valence electrons. The van der Waals surface area contributed by atoms with Gasteiger partial charge in [0.05, 0.1) is 24.3 Å². The highest BCUT2D eigenvalue weighted by Crippen LogP contribution is 2.37. The predicted octanol–water partition coefficient (Wildman–Crippen LogP) is 6.19. The fraction of sp³-hybridized carbons (Fsp3) is 0.360. The minimum Gasteiger partial charge on any atom is -0.493 e. The largest absolute Gasteiger partial charge is 0.493 e. The van der Waals surface area contributed by atoms with Gasteiger partial charge in [-0.05, 0) is 74.4 Å². The highest BCUT2D eigenvalue weighted by atomic mass is 32.2. The molecule has 1 amide bonds. The van der Waals surface area contributed by atoms with Crippen molar-refractivity contribution in [3.63, 3.8) is 0 Å². The molecule has 3 rings (SSSR count). The maximum absolute atomic E-state index is 13.2. The fourth-order valence-corrected chi connectivity index (χ4v) is 4.21. The Bertz CT molecular complexity index is 983. The Balaban J connectivity index is 1.93. The molecular formula is C25H30N2O3S. The summed E-state index contributed by atoms with van der Waals surface area (Å²) < 4.78 is 11.2. The summed E-state index contributed by atoms with van der Waals surface area (Å²) in [6, 6.07) is 13.8. The lowest BCUT2D eigenvalue weighted by molar-refractivity contribution is -0.123. The Morgan fingerprint density at radius 2 is 1.87 bits per heavy atom. The summed E-state index contributed by atoms with van der Waals surface area (Å²) in [7, 11) is 1.62. The molecule has 0 saturated carbocycles. The van der Waals surface area contributed by atoms with Crippen LogP contribution in [0.15, 0.2) is 52.4 Å². The number of nitrogens with zero attached hydrogens (tertiary/aromatic N) is 2. The van der Waals surface area contributed by atoms with Crippen LogP contribution in [0.2, 0.25) is 0 Å². The van der Waals surface area contributed by atoms with Crippen molar-refractivity contribution in [1.82, 2.24) is 4.90 Å². The fourth-order valence-electron chi connectivity index (χ4n) is 3.12. The van der Waals surface area contributed by atoms with Crippen LogP contribution in [0.1, 0.15) is 44.7 Å². The smallest absolute Gasteiger partial charge is 0.266 e. The number of aliphatic imine (C=N–C) groups is 1. The normalized spacial score (nSPS) is 17.5. The van der Waals surface area contributed by atoms with Crippen LogP contribution in [-0.2, 0) is 4.79 Å². The van der Waals surface area contributed by atoms with E-state index in [0.717, 1.165) is 24.1 Å². The van der Waals surface area contributed by atoms with Gasteiger partial charge in [0, 0.05) is 6.04 Å². The second-order valence-electron chi connectivity index (χ2n) is 7.53. The van der Waals surface area contributed by atoms with Crippen molar-refractivity contribution in [1.29, 1.82) is 0 Å². The number of carbonyl (C=O) groups is 1. The van der Waals surface area contributed by atoms with Gasteiger partial charge in [-0.1, -0.05) is 37.6 Å². The number of hydrogen-bond donors (Lipinski definition) is 0. The summed E-state index contributed by atoms with van der Waals surface area (Å²) in [5.74, 6) is 1.35. The van der Waals surface area contributed by atoms with E-state index < -0.39 is 0 Å². The van der Waals surface area contributed by atoms with Crippen LogP contribution in [-0.4, -0.2) is 35.7 Å². The molecule has 0 aliphatic carbocycles. The molecule has 31 heavy (non-hydrogen) atoms. The number of aryl methyl sites for hydroxylation is 1. The number of rotatable bonds is 8. The molecule has 1 aliphatic heterocycles. The van der Waals surface area contributed by atoms with Gasteiger partial charge in [0.15, 0.2) is 16.7 Å². The van der Waals surface area contributed by atoms with Crippen LogP contribution in [0, 0.1) is 6.92 Å². The average molecular weight is 439 g/mol. The molecule has 0 unspecified atom stereocenters. The summed E-state index contributed by atoms with van der Waals surface area (Å²) in [6.45, 7) is 8.87. The minimum absolute atomic E-state index is 0.0181. The topological polar surface area (TPSA) is 51.1 Å². The second kappa shape index (κ2) is 10.5. The lowest BCUT2D eigenvalue weighted by Gasteiger charge is -2.22. The van der Waals surface area contributed by atoms with Gasteiger partial charge in [-0.15, -0.1) is 0 Å². The van der Waals surface area contributed by atoms with Crippen LogP contribution in [0.3, 0.4) is 0 Å². The first-order valence-corrected chi connectivity index (χ1v) is 11.5. The van der Waals surface area contributed by atoms with E-state index in [0.29, 0.717) is 28.2 Å². The summed E-state index contributed by atoms with van der Waals surface area (Å²) in [5.41, 5.74) is 2.91. The van der Waals surface area contributed by atoms with E-state index in [1.54, 1.807) is 12.0 Å². The van der Waals surface area contributed by atoms with Gasteiger partial charge in [-0.3, -0.25) is 9.69 Å². The molecule has 1 heterocycles. The van der Waals surface area contributed by atoms with Crippen molar-refractivity contribution in [2.75, 3.05) is 13.7 Å². The number of thioether (sulfide) groups is 1. The van der Waals surface area contributed by atoms with Gasteiger partial charge in [-0.2, -0.15) is 0 Å². The van der Waals surface area contributed by atoms with Crippen molar-refractivity contribution in [3.05, 3.63) is 58.5 Å². The molecular weight excluding hydrogens is 408 g/mol. The molecule has 1 saturated heterocycles. The molecule has 0 N–H and O–H groups in total. The van der Waals surface area contributed by atoms with Gasteiger partial charge in [-0.25, -0.2) is 4.99 Å². The van der Waals surface area contributed by atoms with Crippen LogP contribution < -0.4 is 9.47 Å². The predicted molar refractivity (Wildman–Crippen MR) is 129 cm³/mol. The number of carbonyl (C=O) groups excluding carboxylic acids is 1. The maximum atomic E-state index is 13.2. The van der Waals surface area contributed by atoms with Gasteiger partial charge in [0.25, 0.3) is 5.91 Å². The van der Waals surface area contributed by atoms with Crippen LogP contribution in [0.5, 0.6) is 11.5 Å². The molecule has 2 aromatic rings. The summed E-state index contributed by atoms with van der Waals surface area (Å²) >= 11 is 1.41. The van der Waals surface area contributed by atoms with Crippen LogP contribution in [0.4, 0.5) is 5.69 Å². The third-order valence-corrected chi connectivity index (χ3v) is 6.06. The molecule has 0 bridgehead atoms. The van der Waals surface area contributed by atoms with Crippen LogP contribution in [0.25, 0.3) is 6.08 Å². The number of methoxy groups -OCH3 is 1. The SMILES string of the molecule is CCCOc1ccc(/C=C2/SC(=Nc3ccc(C)cc3)N([C@H](C)CC)C2=O)cc1OC. The number of hydrogen-bond acceptors (Lipinski definition) is 5. The summed E-state index contributed by atoms with van der Waals surface area (Å²) in [4.78, 5) is 20.4. The molecule has 0 radical (unpaired) electrons. The van der Waals surface area contributed by atoms with Gasteiger partial charge in [0.1, 0.15) is 0 Å². The molecule has 0 aromatic heterocycles. The van der Waals surface area contributed by atoms with E-state index in [1.165, 1.54) is 17.3 Å². The molecule has 5 nitrogen and oxygen atoms in total. The Labute approximate surface area is 189 Å². The summed E-state index contributed by atoms with van der Waals surface area (Å²) in [6.07, 6.45) is 3.67. The minimum atomic E-state index is -0.0181. The highest BCUT2D eigenvalue weighted by molar-refractivity contribution is 8.18. The monoisotopic (exact) mass is 438 g/mol. The number of amides is 1. The third kappa shape index (κ3) is 5.50. The number of ether oxygens (including phenoxy) is 2. The number of benzene rings is 2. The lowest BCUT2D eigenvalue weighted by atomic mass is 10.1. The Kier molecular flexibility index (Phi) is 7.80. The molecule has 1 aliphatic rings. The standard InChI is InChI=1S/C25H30N2O3S/c1-6-14-30-21-13-10-19(15-22(21)29-5)16-23-24(28)27(18(4)7-2)25(31-23)26-20-11-8-17(3)9-12-20/h8-13,15-16,18H,6-7,14H2,1-5H3/b23-16+,26-25?/t18-/m1/s1. The zero-order valence-electron chi connectivity index (χ0n) is 18.8. The van der Waals surface area contributed by atoms with Gasteiger partial charge >= 0.3 is 0 Å². The van der Waals surface area contributed by atoms with Crippen molar-refractivity contribution in [3.8, 4) is 11.5 Å². The first kappa shape index (κ1) is 22.9. The Hall–Kier alpha value is -2.73. The van der Waals surface area contributed by atoms with Gasteiger partial charge < -0.3 is 9.47 Å². The quantitative estimate of drug-likeness (QED) is 0.461. The molecule has 1 atom stereocenters. The molecule has 1 fully saturated rings. The molecule has 2 aromatic carbocycles. The first-order chi connectivity index (χ1) is 15.0. The Morgan fingerprint density at radius 3 is 2.52 bits per heavy atom. The van der Waals surface area contributed by atoms with E-state index in [-0.39, 0.29) is 11.9 Å². The van der Waals surface area contributed by atoms with Crippen molar-refractivity contribution < 1.29 is 14.3 Å². The molecule has 0 spiro atoms. The van der Waals surface area contributed by atoms with E-state index in [4.69, 9.17) is 14.5 Å². The number of amidine groups is 1. The van der Waals surface area contributed by atoms with Crippen molar-refractivity contribution >= 4 is 34.6 Å². The van der Waals surface area contributed by atoms with Crippen molar-refractivity contribution in [2.24, 2.45) is 4.99 Å². The lowest BCUT2D eigenvalue weighted by Crippen LogP contribution is -2.36. The van der Waals surface area contributed by atoms with E-state index >= 15 is 0 Å². The van der Waals surface area contributed by atoms with Crippen LogP contribution >= 0.6 is 11.8 Å².